The summed E-state index contributed by atoms with van der Waals surface area (Å²) in [6.07, 6.45) is -3.41. The minimum Gasteiger partial charge on any atom is -0.496 e. The van der Waals surface area contributed by atoms with E-state index in [0.717, 1.165) is 45.2 Å². The predicted molar refractivity (Wildman–Crippen MR) is 133 cm³/mol. The topological polar surface area (TPSA) is 39.3 Å². The molecular weight excluding hydrogens is 469 g/mol. The van der Waals surface area contributed by atoms with Crippen molar-refractivity contribution in [3.8, 4) is 5.75 Å². The Balaban J connectivity index is 1.21. The van der Waals surface area contributed by atoms with Gasteiger partial charge in [-0.3, -0.25) is 14.6 Å². The highest BCUT2D eigenvalue weighted by Crippen LogP contribution is 2.36. The number of halogens is 3. The largest absolute Gasteiger partial charge is 0.496 e. The highest BCUT2D eigenvalue weighted by Gasteiger charge is 2.35. The van der Waals surface area contributed by atoms with Crippen LogP contribution in [0.15, 0.2) is 48.5 Å². The molecule has 196 valence electrons. The number of ether oxygens (including phenoxy) is 1. The molecule has 2 aliphatic heterocycles. The standard InChI is InChI=1S/C27H35F3N4O2/c1-36-25-9-5-8-24(27(28,29)30)23(25)20-32-16-18-34(19-17-32)26(35)21-33-14-12-31(13-15-33)11-10-22-6-3-2-4-7-22/h2-9H,10-21H2,1H3. The molecule has 2 aromatic carbocycles. The van der Waals surface area contributed by atoms with E-state index in [0.29, 0.717) is 32.7 Å². The average Bonchev–Trinajstić information content (AvgIpc) is 2.89. The number of amides is 1. The first-order chi connectivity index (χ1) is 17.3. The summed E-state index contributed by atoms with van der Waals surface area (Å²) in [7, 11) is 1.39. The molecule has 0 radical (unpaired) electrons. The Hall–Kier alpha value is -2.62. The van der Waals surface area contributed by atoms with Crippen LogP contribution < -0.4 is 4.74 Å². The molecule has 2 heterocycles. The summed E-state index contributed by atoms with van der Waals surface area (Å²) < 4.78 is 45.8. The molecule has 0 saturated carbocycles. The molecule has 0 spiro atoms. The molecule has 0 N–H and O–H groups in total. The first-order valence-corrected chi connectivity index (χ1v) is 12.6. The molecule has 9 heteroatoms. The molecule has 2 aromatic rings. The van der Waals surface area contributed by atoms with Gasteiger partial charge in [0, 0.05) is 71.0 Å². The van der Waals surface area contributed by atoms with Gasteiger partial charge in [0.2, 0.25) is 5.91 Å². The summed E-state index contributed by atoms with van der Waals surface area (Å²) in [6, 6.07) is 14.5. The minimum absolute atomic E-state index is 0.0978. The maximum Gasteiger partial charge on any atom is 0.416 e. The number of carbonyl (C=O) groups excluding carboxylic acids is 1. The SMILES string of the molecule is COc1cccc(C(F)(F)F)c1CN1CCN(C(=O)CN2CCN(CCc3ccccc3)CC2)CC1. The second-order valence-corrected chi connectivity index (χ2v) is 9.49. The van der Waals surface area contributed by atoms with Crippen molar-refractivity contribution in [3.63, 3.8) is 0 Å². The van der Waals surface area contributed by atoms with Crippen LogP contribution in [0.25, 0.3) is 0 Å². The lowest BCUT2D eigenvalue weighted by Crippen LogP contribution is -2.53. The van der Waals surface area contributed by atoms with Crippen LogP contribution in [0.4, 0.5) is 13.2 Å². The normalized spacial score (nSPS) is 18.4. The predicted octanol–water partition coefficient (Wildman–Crippen LogP) is 3.22. The number of methoxy groups -OCH3 is 1. The van der Waals surface area contributed by atoms with Crippen molar-refractivity contribution >= 4 is 5.91 Å². The zero-order chi connectivity index (χ0) is 25.5. The lowest BCUT2D eigenvalue weighted by atomic mass is 10.0. The summed E-state index contributed by atoms with van der Waals surface area (Å²) in [5.74, 6) is 0.340. The van der Waals surface area contributed by atoms with Gasteiger partial charge >= 0.3 is 6.18 Å². The van der Waals surface area contributed by atoms with Crippen LogP contribution >= 0.6 is 0 Å². The Morgan fingerprint density at radius 2 is 1.47 bits per heavy atom. The molecule has 0 atom stereocenters. The molecular formula is C27H35F3N4O2. The Morgan fingerprint density at radius 1 is 0.833 bits per heavy atom. The fourth-order valence-corrected chi connectivity index (χ4v) is 4.96. The quantitative estimate of drug-likeness (QED) is 0.552. The Labute approximate surface area is 211 Å². The van der Waals surface area contributed by atoms with Crippen molar-refractivity contribution in [2.24, 2.45) is 0 Å². The zero-order valence-corrected chi connectivity index (χ0v) is 20.8. The maximum absolute atomic E-state index is 13.5. The van der Waals surface area contributed by atoms with Gasteiger partial charge in [0.25, 0.3) is 0 Å². The van der Waals surface area contributed by atoms with Gasteiger partial charge in [-0.1, -0.05) is 36.4 Å². The number of hydrogen-bond donors (Lipinski definition) is 0. The zero-order valence-electron chi connectivity index (χ0n) is 20.8. The van der Waals surface area contributed by atoms with Crippen LogP contribution in [0.3, 0.4) is 0 Å². The lowest BCUT2D eigenvalue weighted by Gasteiger charge is -2.38. The van der Waals surface area contributed by atoms with E-state index in [4.69, 9.17) is 4.74 Å². The Bertz CT molecular complexity index is 986. The number of piperazine rings is 2. The smallest absolute Gasteiger partial charge is 0.416 e. The van der Waals surface area contributed by atoms with E-state index in [9.17, 15) is 18.0 Å². The molecule has 1 amide bonds. The molecule has 0 aromatic heterocycles. The lowest BCUT2D eigenvalue weighted by molar-refractivity contribution is -0.138. The van der Waals surface area contributed by atoms with Gasteiger partial charge in [-0.15, -0.1) is 0 Å². The molecule has 4 rings (SSSR count). The van der Waals surface area contributed by atoms with Gasteiger partial charge in [-0.2, -0.15) is 13.2 Å². The molecule has 2 saturated heterocycles. The third-order valence-electron chi connectivity index (χ3n) is 7.15. The van der Waals surface area contributed by atoms with Gasteiger partial charge in [0.15, 0.2) is 0 Å². The molecule has 0 bridgehead atoms. The summed E-state index contributed by atoms with van der Waals surface area (Å²) in [5, 5.41) is 0. The highest BCUT2D eigenvalue weighted by atomic mass is 19.4. The number of carbonyl (C=O) groups is 1. The van der Waals surface area contributed by atoms with Crippen LogP contribution in [0.2, 0.25) is 0 Å². The third kappa shape index (κ3) is 6.99. The fraction of sp³-hybridized carbons (Fsp3) is 0.519. The summed E-state index contributed by atoms with van der Waals surface area (Å²) in [5.41, 5.74) is 0.829. The Morgan fingerprint density at radius 3 is 2.11 bits per heavy atom. The van der Waals surface area contributed by atoms with Crippen LogP contribution in [-0.2, 0) is 23.9 Å². The summed E-state index contributed by atoms with van der Waals surface area (Å²) >= 11 is 0. The fourth-order valence-electron chi connectivity index (χ4n) is 4.96. The van der Waals surface area contributed by atoms with Crippen molar-refractivity contribution in [1.29, 1.82) is 0 Å². The molecule has 0 aliphatic carbocycles. The third-order valence-corrected chi connectivity index (χ3v) is 7.15. The van der Waals surface area contributed by atoms with Crippen molar-refractivity contribution < 1.29 is 22.7 Å². The van der Waals surface area contributed by atoms with Crippen molar-refractivity contribution in [1.82, 2.24) is 19.6 Å². The monoisotopic (exact) mass is 504 g/mol. The second-order valence-electron chi connectivity index (χ2n) is 9.49. The van der Waals surface area contributed by atoms with Gasteiger partial charge in [-0.05, 0) is 24.1 Å². The van der Waals surface area contributed by atoms with Crippen LogP contribution in [0, 0.1) is 0 Å². The highest BCUT2D eigenvalue weighted by molar-refractivity contribution is 5.78. The summed E-state index contributed by atoms with van der Waals surface area (Å²) in [4.78, 5) is 21.3. The van der Waals surface area contributed by atoms with Crippen LogP contribution in [0.5, 0.6) is 5.75 Å². The van der Waals surface area contributed by atoms with Crippen molar-refractivity contribution in [3.05, 3.63) is 65.2 Å². The number of nitrogens with zero attached hydrogens (tertiary/aromatic N) is 4. The van der Waals surface area contributed by atoms with E-state index in [1.165, 1.54) is 18.7 Å². The van der Waals surface area contributed by atoms with E-state index < -0.39 is 11.7 Å². The molecule has 6 nitrogen and oxygen atoms in total. The van der Waals surface area contributed by atoms with E-state index in [1.807, 2.05) is 15.9 Å². The Kier molecular flexibility index (Phi) is 8.87. The van der Waals surface area contributed by atoms with Crippen LogP contribution in [0.1, 0.15) is 16.7 Å². The first-order valence-electron chi connectivity index (χ1n) is 12.6. The molecule has 36 heavy (non-hydrogen) atoms. The van der Waals surface area contributed by atoms with E-state index >= 15 is 0 Å². The minimum atomic E-state index is -4.44. The van der Waals surface area contributed by atoms with Gasteiger partial charge in [0.1, 0.15) is 5.75 Å². The molecule has 2 fully saturated rings. The van der Waals surface area contributed by atoms with E-state index in [1.54, 1.807) is 6.07 Å². The van der Waals surface area contributed by atoms with Gasteiger partial charge in [0.05, 0.1) is 19.2 Å². The van der Waals surface area contributed by atoms with Crippen LogP contribution in [-0.4, -0.2) is 98.1 Å². The van der Waals surface area contributed by atoms with Crippen molar-refractivity contribution in [2.75, 3.05) is 72.6 Å². The maximum atomic E-state index is 13.5. The number of benzene rings is 2. The van der Waals surface area contributed by atoms with E-state index in [-0.39, 0.29) is 23.8 Å². The first kappa shape index (κ1) is 26.4. The average molecular weight is 505 g/mol. The molecule has 0 unspecified atom stereocenters. The van der Waals surface area contributed by atoms with E-state index in [2.05, 4.69) is 34.1 Å². The molecule has 2 aliphatic rings. The summed E-state index contributed by atoms with van der Waals surface area (Å²) in [6.45, 7) is 7.33. The van der Waals surface area contributed by atoms with Gasteiger partial charge in [-0.25, -0.2) is 0 Å². The number of alkyl halides is 3. The van der Waals surface area contributed by atoms with Crippen molar-refractivity contribution in [2.45, 2.75) is 19.1 Å². The second kappa shape index (κ2) is 12.1. The van der Waals surface area contributed by atoms with Gasteiger partial charge < -0.3 is 14.5 Å². The number of rotatable bonds is 8. The number of hydrogen-bond acceptors (Lipinski definition) is 5.